The zero-order valence-electron chi connectivity index (χ0n) is 15.0. The van der Waals surface area contributed by atoms with Crippen molar-refractivity contribution in [1.29, 1.82) is 0 Å². The number of H-pyrrole nitrogens is 1. The topological polar surface area (TPSA) is 94.1 Å². The van der Waals surface area contributed by atoms with E-state index in [4.69, 9.17) is 0 Å². The molecule has 1 fully saturated rings. The minimum Gasteiger partial charge on any atom is -0.508 e. The van der Waals surface area contributed by atoms with Gasteiger partial charge in [0.1, 0.15) is 5.75 Å². The van der Waals surface area contributed by atoms with Crippen molar-refractivity contribution in [1.82, 2.24) is 20.3 Å². The van der Waals surface area contributed by atoms with Gasteiger partial charge in [0.05, 0.1) is 11.4 Å². The van der Waals surface area contributed by atoms with E-state index in [1.54, 1.807) is 31.3 Å². The molecule has 3 N–H and O–H groups in total. The average molecular weight is 363 g/mol. The number of phenolic OH excluding ortho intramolecular Hbond substituents is 1. The summed E-state index contributed by atoms with van der Waals surface area (Å²) in [6, 6.07) is 10.8. The van der Waals surface area contributed by atoms with Crippen molar-refractivity contribution in [3.63, 3.8) is 0 Å². The molecular weight excluding hydrogens is 342 g/mol. The van der Waals surface area contributed by atoms with Crippen LogP contribution >= 0.6 is 0 Å². The van der Waals surface area contributed by atoms with Crippen LogP contribution in [0.2, 0.25) is 0 Å². The third-order valence-electron chi connectivity index (χ3n) is 4.87. The van der Waals surface area contributed by atoms with Crippen LogP contribution in [0.25, 0.3) is 11.4 Å². The highest BCUT2D eigenvalue weighted by molar-refractivity contribution is 5.96. The number of carbonyl (C=O) groups is 1. The van der Waals surface area contributed by atoms with Crippen molar-refractivity contribution in [2.24, 2.45) is 0 Å². The van der Waals surface area contributed by atoms with Crippen LogP contribution in [-0.2, 0) is 0 Å². The van der Waals surface area contributed by atoms with E-state index in [2.05, 4.69) is 25.2 Å². The molecule has 138 valence electrons. The Kier molecular flexibility index (Phi) is 4.50. The molecule has 1 unspecified atom stereocenters. The number of hydrogen-bond donors (Lipinski definition) is 3. The third-order valence-corrected chi connectivity index (χ3v) is 4.87. The van der Waals surface area contributed by atoms with Gasteiger partial charge in [0, 0.05) is 42.7 Å². The van der Waals surface area contributed by atoms with Gasteiger partial charge in [0.25, 0.3) is 5.91 Å². The minimum atomic E-state index is -0.170. The summed E-state index contributed by atoms with van der Waals surface area (Å²) in [5, 5.41) is 12.8. The van der Waals surface area contributed by atoms with Crippen molar-refractivity contribution in [2.75, 3.05) is 18.0 Å². The van der Waals surface area contributed by atoms with Crippen molar-refractivity contribution in [3.05, 3.63) is 59.9 Å². The number of rotatable bonds is 4. The fourth-order valence-electron chi connectivity index (χ4n) is 3.33. The fourth-order valence-corrected chi connectivity index (χ4v) is 3.33. The molecule has 7 nitrogen and oxygen atoms in total. The lowest BCUT2D eigenvalue weighted by Gasteiger charge is -2.18. The molecule has 1 saturated heterocycles. The second-order valence-corrected chi connectivity index (χ2v) is 6.68. The van der Waals surface area contributed by atoms with E-state index in [1.165, 1.54) is 0 Å². The third kappa shape index (κ3) is 3.48. The molecular formula is C20H21N5O2. The van der Waals surface area contributed by atoms with Crippen LogP contribution in [0.4, 0.5) is 5.95 Å². The maximum Gasteiger partial charge on any atom is 0.251 e. The van der Waals surface area contributed by atoms with Gasteiger partial charge in [-0.3, -0.25) is 4.79 Å². The first-order valence-corrected chi connectivity index (χ1v) is 8.93. The zero-order valence-corrected chi connectivity index (χ0v) is 15.0. The standard InChI is InChI=1S/C20H21N5O2/c1-13-15(4-2-6-18(13)26)19(27)23-14-8-11-25(12-14)20-22-10-7-17(24-20)16-5-3-9-21-16/h2-7,9-10,14,21,26H,8,11-12H2,1H3,(H,23,27). The van der Waals surface area contributed by atoms with E-state index >= 15 is 0 Å². The number of anilines is 1. The molecule has 0 radical (unpaired) electrons. The molecule has 1 aliphatic heterocycles. The van der Waals surface area contributed by atoms with Gasteiger partial charge in [-0.1, -0.05) is 6.07 Å². The summed E-state index contributed by atoms with van der Waals surface area (Å²) < 4.78 is 0. The Hall–Kier alpha value is -3.35. The second kappa shape index (κ2) is 7.11. The molecule has 7 heteroatoms. The molecule has 1 amide bonds. The lowest BCUT2D eigenvalue weighted by Crippen LogP contribution is -2.37. The normalized spacial score (nSPS) is 16.5. The predicted molar refractivity (Wildman–Crippen MR) is 103 cm³/mol. The Balaban J connectivity index is 1.44. The van der Waals surface area contributed by atoms with Crippen LogP contribution in [-0.4, -0.2) is 45.1 Å². The van der Waals surface area contributed by atoms with E-state index in [0.717, 1.165) is 24.4 Å². The first-order valence-electron chi connectivity index (χ1n) is 8.93. The molecule has 0 aliphatic carbocycles. The Labute approximate surface area is 157 Å². The van der Waals surface area contributed by atoms with Crippen molar-refractivity contribution in [3.8, 4) is 17.1 Å². The van der Waals surface area contributed by atoms with E-state index in [-0.39, 0.29) is 17.7 Å². The number of nitrogens with zero attached hydrogens (tertiary/aromatic N) is 3. The number of aromatic hydroxyl groups is 1. The molecule has 0 spiro atoms. The minimum absolute atomic E-state index is 0.0111. The average Bonchev–Trinajstić information content (AvgIpc) is 3.36. The first kappa shape index (κ1) is 17.1. The molecule has 1 aromatic carbocycles. The van der Waals surface area contributed by atoms with Crippen LogP contribution in [0.1, 0.15) is 22.3 Å². The van der Waals surface area contributed by atoms with Crippen molar-refractivity contribution >= 4 is 11.9 Å². The van der Waals surface area contributed by atoms with Crippen LogP contribution in [0, 0.1) is 6.92 Å². The molecule has 3 aromatic rings. The smallest absolute Gasteiger partial charge is 0.251 e. The van der Waals surface area contributed by atoms with Gasteiger partial charge in [0.2, 0.25) is 5.95 Å². The van der Waals surface area contributed by atoms with Gasteiger partial charge >= 0.3 is 0 Å². The summed E-state index contributed by atoms with van der Waals surface area (Å²) in [4.78, 5) is 26.8. The summed E-state index contributed by atoms with van der Waals surface area (Å²) in [6.45, 7) is 3.17. The monoisotopic (exact) mass is 363 g/mol. The highest BCUT2D eigenvalue weighted by atomic mass is 16.3. The molecule has 3 heterocycles. The molecule has 4 rings (SSSR count). The molecule has 2 aromatic heterocycles. The lowest BCUT2D eigenvalue weighted by atomic mass is 10.1. The van der Waals surface area contributed by atoms with Gasteiger partial charge in [-0.15, -0.1) is 0 Å². The summed E-state index contributed by atoms with van der Waals surface area (Å²) in [7, 11) is 0. The van der Waals surface area contributed by atoms with E-state index in [9.17, 15) is 9.90 Å². The molecule has 0 saturated carbocycles. The summed E-state index contributed by atoms with van der Waals surface area (Å²) >= 11 is 0. The van der Waals surface area contributed by atoms with Gasteiger partial charge in [-0.2, -0.15) is 0 Å². The number of aromatic amines is 1. The van der Waals surface area contributed by atoms with Gasteiger partial charge in [-0.05, 0) is 43.7 Å². The zero-order chi connectivity index (χ0) is 18.8. The summed E-state index contributed by atoms with van der Waals surface area (Å²) in [5.74, 6) is 0.619. The number of nitrogens with one attached hydrogen (secondary N) is 2. The second-order valence-electron chi connectivity index (χ2n) is 6.68. The number of aromatic nitrogens is 3. The molecule has 1 atom stereocenters. The quantitative estimate of drug-likeness (QED) is 0.662. The SMILES string of the molecule is Cc1c(O)cccc1C(=O)NC1CCN(c2nccc(-c3ccc[nH]3)n2)C1. The number of phenols is 1. The van der Waals surface area contributed by atoms with E-state index in [1.807, 2.05) is 24.4 Å². The van der Waals surface area contributed by atoms with Crippen LogP contribution in [0.15, 0.2) is 48.8 Å². The van der Waals surface area contributed by atoms with Crippen LogP contribution < -0.4 is 10.2 Å². The largest absolute Gasteiger partial charge is 0.508 e. The van der Waals surface area contributed by atoms with Gasteiger partial charge < -0.3 is 20.3 Å². The predicted octanol–water partition coefficient (Wildman–Crippen LogP) is 2.49. The number of hydrogen-bond acceptors (Lipinski definition) is 5. The molecule has 1 aliphatic rings. The Bertz CT molecular complexity index is 955. The summed E-state index contributed by atoms with van der Waals surface area (Å²) in [6.07, 6.45) is 4.43. The number of amides is 1. The fraction of sp³-hybridized carbons (Fsp3) is 0.250. The van der Waals surface area contributed by atoms with Crippen LogP contribution in [0.3, 0.4) is 0 Å². The Morgan fingerprint density at radius 2 is 2.19 bits per heavy atom. The van der Waals surface area contributed by atoms with Crippen molar-refractivity contribution < 1.29 is 9.90 Å². The Morgan fingerprint density at radius 1 is 1.30 bits per heavy atom. The highest BCUT2D eigenvalue weighted by Gasteiger charge is 2.26. The highest BCUT2D eigenvalue weighted by Crippen LogP contribution is 2.22. The van der Waals surface area contributed by atoms with Gasteiger partial charge in [0.15, 0.2) is 0 Å². The van der Waals surface area contributed by atoms with E-state index in [0.29, 0.717) is 23.6 Å². The van der Waals surface area contributed by atoms with Crippen LogP contribution in [0.5, 0.6) is 5.75 Å². The van der Waals surface area contributed by atoms with Gasteiger partial charge in [-0.25, -0.2) is 9.97 Å². The first-order chi connectivity index (χ1) is 13.1. The maximum absolute atomic E-state index is 12.6. The van der Waals surface area contributed by atoms with Crippen molar-refractivity contribution in [2.45, 2.75) is 19.4 Å². The lowest BCUT2D eigenvalue weighted by molar-refractivity contribution is 0.0939. The van der Waals surface area contributed by atoms with E-state index < -0.39 is 0 Å². The summed E-state index contributed by atoms with van der Waals surface area (Å²) in [5.41, 5.74) is 2.88. The number of benzene rings is 1. The number of carbonyl (C=O) groups excluding carboxylic acids is 1. The molecule has 0 bridgehead atoms. The maximum atomic E-state index is 12.6. The molecule has 27 heavy (non-hydrogen) atoms. The Morgan fingerprint density at radius 3 is 3.00 bits per heavy atom.